The SMILES string of the molecule is COC(=O)c1cc(-n2c(C)ccc2-c2cc(Cl)ccc2OCc2ccccc2C)ccc1C. The van der Waals surface area contributed by atoms with E-state index in [1.807, 2.05) is 74.5 Å². The molecule has 4 rings (SSSR count). The second kappa shape index (κ2) is 9.55. The van der Waals surface area contributed by atoms with Gasteiger partial charge in [-0.2, -0.15) is 0 Å². The minimum Gasteiger partial charge on any atom is -0.488 e. The van der Waals surface area contributed by atoms with E-state index in [1.165, 1.54) is 12.7 Å². The van der Waals surface area contributed by atoms with Gasteiger partial charge in [-0.3, -0.25) is 0 Å². The van der Waals surface area contributed by atoms with E-state index in [2.05, 4.69) is 23.6 Å². The molecule has 0 atom stereocenters. The number of nitrogens with zero attached hydrogens (tertiary/aromatic N) is 1. The number of esters is 1. The summed E-state index contributed by atoms with van der Waals surface area (Å²) in [5.74, 6) is 0.382. The van der Waals surface area contributed by atoms with Crippen LogP contribution in [-0.2, 0) is 11.3 Å². The van der Waals surface area contributed by atoms with E-state index in [1.54, 1.807) is 0 Å². The maximum atomic E-state index is 12.3. The molecule has 0 aliphatic heterocycles. The number of benzene rings is 3. The predicted octanol–water partition coefficient (Wildman–Crippen LogP) is 7.09. The van der Waals surface area contributed by atoms with Crippen LogP contribution in [0.2, 0.25) is 5.02 Å². The van der Waals surface area contributed by atoms with E-state index in [4.69, 9.17) is 21.1 Å². The first-order chi connectivity index (χ1) is 15.9. The van der Waals surface area contributed by atoms with Gasteiger partial charge in [-0.15, -0.1) is 0 Å². The number of aromatic nitrogens is 1. The minimum absolute atomic E-state index is 0.356. The molecule has 4 aromatic rings. The summed E-state index contributed by atoms with van der Waals surface area (Å²) in [7, 11) is 1.39. The molecule has 1 heterocycles. The number of carbonyl (C=O) groups is 1. The zero-order valence-electron chi connectivity index (χ0n) is 19.2. The van der Waals surface area contributed by atoms with Crippen molar-refractivity contribution in [2.24, 2.45) is 0 Å². The molecule has 0 bridgehead atoms. The third-order valence-electron chi connectivity index (χ3n) is 5.82. The topological polar surface area (TPSA) is 40.5 Å². The molecule has 4 nitrogen and oxygen atoms in total. The number of aryl methyl sites for hydroxylation is 3. The Balaban J connectivity index is 1.78. The van der Waals surface area contributed by atoms with Crippen LogP contribution >= 0.6 is 11.6 Å². The average Bonchev–Trinajstić information content (AvgIpc) is 3.20. The van der Waals surface area contributed by atoms with Gasteiger partial charge in [0, 0.05) is 22.0 Å². The van der Waals surface area contributed by atoms with Crippen LogP contribution in [0, 0.1) is 20.8 Å². The van der Waals surface area contributed by atoms with Crippen LogP contribution in [-0.4, -0.2) is 17.6 Å². The summed E-state index contributed by atoms with van der Waals surface area (Å²) in [6.45, 7) is 6.46. The van der Waals surface area contributed by atoms with Gasteiger partial charge in [0.2, 0.25) is 0 Å². The van der Waals surface area contributed by atoms with Gasteiger partial charge >= 0.3 is 5.97 Å². The first kappa shape index (κ1) is 22.7. The predicted molar refractivity (Wildman–Crippen MR) is 133 cm³/mol. The van der Waals surface area contributed by atoms with Crippen molar-refractivity contribution in [3.63, 3.8) is 0 Å². The maximum Gasteiger partial charge on any atom is 0.338 e. The molecule has 0 amide bonds. The van der Waals surface area contributed by atoms with Crippen LogP contribution in [0.1, 0.15) is 32.7 Å². The normalized spacial score (nSPS) is 10.8. The Morgan fingerprint density at radius 3 is 2.45 bits per heavy atom. The Hall–Kier alpha value is -3.50. The standard InChI is InChI=1S/C28H26ClNO3/c1-18-7-5-6-8-21(18)17-33-27-14-11-22(29)15-25(27)26-13-10-20(3)30(26)23-12-9-19(2)24(16-23)28(31)32-4/h5-16H,17H2,1-4H3. The van der Waals surface area contributed by atoms with Crippen molar-refractivity contribution in [2.75, 3.05) is 7.11 Å². The first-order valence-corrected chi connectivity index (χ1v) is 11.1. The summed E-state index contributed by atoms with van der Waals surface area (Å²) in [6, 6.07) is 23.7. The molecular weight excluding hydrogens is 434 g/mol. The molecule has 0 saturated carbocycles. The molecule has 0 aliphatic rings. The monoisotopic (exact) mass is 459 g/mol. The Kier molecular flexibility index (Phi) is 6.57. The van der Waals surface area contributed by atoms with Gasteiger partial charge in [-0.25, -0.2) is 4.79 Å². The van der Waals surface area contributed by atoms with E-state index in [-0.39, 0.29) is 5.97 Å². The van der Waals surface area contributed by atoms with E-state index < -0.39 is 0 Å². The fraction of sp³-hybridized carbons (Fsp3) is 0.179. The Bertz CT molecular complexity index is 1320. The minimum atomic E-state index is -0.356. The number of halogens is 1. The summed E-state index contributed by atoms with van der Waals surface area (Å²) in [4.78, 5) is 12.3. The van der Waals surface area contributed by atoms with Crippen molar-refractivity contribution in [3.8, 4) is 22.7 Å². The van der Waals surface area contributed by atoms with E-state index in [0.29, 0.717) is 17.2 Å². The van der Waals surface area contributed by atoms with Gasteiger partial charge in [0.1, 0.15) is 12.4 Å². The second-order valence-corrected chi connectivity index (χ2v) is 8.48. The molecule has 5 heteroatoms. The molecule has 33 heavy (non-hydrogen) atoms. The number of hydrogen-bond donors (Lipinski definition) is 0. The lowest BCUT2D eigenvalue weighted by molar-refractivity contribution is 0.0600. The molecule has 0 saturated heterocycles. The Labute approximate surface area is 199 Å². The lowest BCUT2D eigenvalue weighted by atomic mass is 10.1. The number of carbonyl (C=O) groups excluding carboxylic acids is 1. The van der Waals surface area contributed by atoms with Crippen LogP contribution in [0.4, 0.5) is 0 Å². The second-order valence-electron chi connectivity index (χ2n) is 8.04. The van der Waals surface area contributed by atoms with Crippen LogP contribution in [0.3, 0.4) is 0 Å². The van der Waals surface area contributed by atoms with Crippen molar-refractivity contribution in [1.29, 1.82) is 0 Å². The number of methoxy groups -OCH3 is 1. The van der Waals surface area contributed by atoms with Crippen LogP contribution in [0.25, 0.3) is 16.9 Å². The molecule has 0 aliphatic carbocycles. The number of ether oxygens (including phenoxy) is 2. The van der Waals surface area contributed by atoms with Gasteiger partial charge in [-0.1, -0.05) is 41.9 Å². The van der Waals surface area contributed by atoms with Crippen molar-refractivity contribution in [1.82, 2.24) is 4.57 Å². The molecule has 1 aromatic heterocycles. The van der Waals surface area contributed by atoms with Crippen LogP contribution in [0.15, 0.2) is 72.8 Å². The Morgan fingerprint density at radius 1 is 0.909 bits per heavy atom. The van der Waals surface area contributed by atoms with Gasteiger partial charge in [0.05, 0.1) is 18.4 Å². The molecule has 3 aromatic carbocycles. The van der Waals surface area contributed by atoms with E-state index >= 15 is 0 Å². The largest absolute Gasteiger partial charge is 0.488 e. The van der Waals surface area contributed by atoms with Gasteiger partial charge in [0.15, 0.2) is 0 Å². The summed E-state index contributed by atoms with van der Waals surface area (Å²) < 4.78 is 13.3. The van der Waals surface area contributed by atoms with E-state index in [9.17, 15) is 4.79 Å². The van der Waals surface area contributed by atoms with Gasteiger partial charge in [-0.05, 0) is 79.9 Å². The van der Waals surface area contributed by atoms with Gasteiger partial charge < -0.3 is 14.0 Å². The third-order valence-corrected chi connectivity index (χ3v) is 6.06. The highest BCUT2D eigenvalue weighted by atomic mass is 35.5. The number of rotatable bonds is 6. The Morgan fingerprint density at radius 2 is 1.70 bits per heavy atom. The molecule has 168 valence electrons. The van der Waals surface area contributed by atoms with Crippen molar-refractivity contribution in [2.45, 2.75) is 27.4 Å². The molecule has 0 unspecified atom stereocenters. The highest BCUT2D eigenvalue weighted by Gasteiger charge is 2.17. The van der Waals surface area contributed by atoms with Crippen molar-refractivity contribution < 1.29 is 14.3 Å². The quantitative estimate of drug-likeness (QED) is 0.289. The molecule has 0 fully saturated rings. The first-order valence-electron chi connectivity index (χ1n) is 10.7. The molecular formula is C28H26ClNO3. The third kappa shape index (κ3) is 4.67. The van der Waals surface area contributed by atoms with E-state index in [0.717, 1.165) is 39.5 Å². The summed E-state index contributed by atoms with van der Waals surface area (Å²) in [5, 5.41) is 0.623. The summed E-state index contributed by atoms with van der Waals surface area (Å²) >= 11 is 6.39. The highest BCUT2D eigenvalue weighted by Crippen LogP contribution is 2.36. The van der Waals surface area contributed by atoms with Crippen LogP contribution < -0.4 is 4.74 Å². The fourth-order valence-electron chi connectivity index (χ4n) is 3.93. The molecule has 0 spiro atoms. The van der Waals surface area contributed by atoms with Gasteiger partial charge in [0.25, 0.3) is 0 Å². The zero-order chi connectivity index (χ0) is 23.5. The molecule has 0 N–H and O–H groups in total. The van der Waals surface area contributed by atoms with Crippen molar-refractivity contribution >= 4 is 17.6 Å². The lowest BCUT2D eigenvalue weighted by Crippen LogP contribution is -2.07. The summed E-state index contributed by atoms with van der Waals surface area (Å²) in [6.07, 6.45) is 0. The smallest absolute Gasteiger partial charge is 0.338 e. The lowest BCUT2D eigenvalue weighted by Gasteiger charge is -2.17. The average molecular weight is 460 g/mol. The fourth-order valence-corrected chi connectivity index (χ4v) is 4.10. The number of hydrogen-bond acceptors (Lipinski definition) is 3. The maximum absolute atomic E-state index is 12.3. The van der Waals surface area contributed by atoms with Crippen LogP contribution in [0.5, 0.6) is 5.75 Å². The zero-order valence-corrected chi connectivity index (χ0v) is 19.9. The summed E-state index contributed by atoms with van der Waals surface area (Å²) in [5.41, 5.74) is 7.41. The molecule has 0 radical (unpaired) electrons. The highest BCUT2D eigenvalue weighted by molar-refractivity contribution is 6.31. The van der Waals surface area contributed by atoms with Crippen molar-refractivity contribution in [3.05, 3.63) is 106 Å².